The molecule has 0 aromatic rings. The molecule has 0 spiro atoms. The average molecular weight is 348 g/mol. The second kappa shape index (κ2) is 7.71. The molecule has 144 valence electrons. The van der Waals surface area contributed by atoms with Crippen molar-refractivity contribution in [2.75, 3.05) is 13.1 Å². The monoisotopic (exact) mass is 347 g/mol. The number of nitrogens with zero attached hydrogens (tertiary/aromatic N) is 1. The summed E-state index contributed by atoms with van der Waals surface area (Å²) >= 11 is 0. The maximum absolute atomic E-state index is 12.1. The highest BCUT2D eigenvalue weighted by Gasteiger charge is 2.39. The lowest BCUT2D eigenvalue weighted by Crippen LogP contribution is -2.46. The lowest BCUT2D eigenvalue weighted by Gasteiger charge is -2.47. The molecule has 0 bridgehead atoms. The van der Waals surface area contributed by atoms with Gasteiger partial charge in [0.05, 0.1) is 0 Å². The Morgan fingerprint density at radius 3 is 2.44 bits per heavy atom. The highest BCUT2D eigenvalue weighted by atomic mass is 16.1. The van der Waals surface area contributed by atoms with Crippen LogP contribution in [0.3, 0.4) is 0 Å². The van der Waals surface area contributed by atoms with Gasteiger partial charge in [-0.05, 0) is 87.1 Å². The fourth-order valence-corrected chi connectivity index (χ4v) is 6.50. The minimum Gasteiger partial charge on any atom is -0.300 e. The van der Waals surface area contributed by atoms with Crippen molar-refractivity contribution in [3.8, 4) is 0 Å². The Morgan fingerprint density at radius 2 is 1.76 bits per heavy atom. The Hall–Kier alpha value is -0.370. The predicted octanol–water partition coefficient (Wildman–Crippen LogP) is 5.84. The van der Waals surface area contributed by atoms with Crippen LogP contribution < -0.4 is 0 Å². The van der Waals surface area contributed by atoms with E-state index >= 15 is 0 Å². The molecule has 3 fully saturated rings. The fraction of sp³-hybridized carbons (Fsp3) is 0.957. The van der Waals surface area contributed by atoms with Crippen molar-refractivity contribution in [3.05, 3.63) is 0 Å². The summed E-state index contributed by atoms with van der Waals surface area (Å²) in [4.78, 5) is 14.9. The van der Waals surface area contributed by atoms with Crippen LogP contribution in [-0.2, 0) is 4.79 Å². The van der Waals surface area contributed by atoms with Crippen molar-refractivity contribution in [1.29, 1.82) is 0 Å². The van der Waals surface area contributed by atoms with Crippen LogP contribution in [0.15, 0.2) is 0 Å². The molecule has 1 saturated heterocycles. The molecule has 0 radical (unpaired) electrons. The summed E-state index contributed by atoms with van der Waals surface area (Å²) in [5.74, 6) is 2.00. The number of Topliss-reactive ketones (excluding diaryl/α,β-unsaturated/α-hetero) is 1. The van der Waals surface area contributed by atoms with E-state index in [0.717, 1.165) is 24.8 Å². The average Bonchev–Trinajstić information content (AvgIpc) is 2.51. The summed E-state index contributed by atoms with van der Waals surface area (Å²) < 4.78 is 0. The van der Waals surface area contributed by atoms with Crippen molar-refractivity contribution in [1.82, 2.24) is 4.90 Å². The number of rotatable bonds is 4. The van der Waals surface area contributed by atoms with Gasteiger partial charge in [0.15, 0.2) is 0 Å². The van der Waals surface area contributed by atoms with E-state index in [9.17, 15) is 4.79 Å². The summed E-state index contributed by atoms with van der Waals surface area (Å²) in [6.45, 7) is 12.3. The van der Waals surface area contributed by atoms with E-state index in [-0.39, 0.29) is 5.41 Å². The molecule has 0 aromatic heterocycles. The van der Waals surface area contributed by atoms with E-state index in [1.165, 1.54) is 70.9 Å². The van der Waals surface area contributed by atoms with Crippen LogP contribution in [0.4, 0.5) is 0 Å². The van der Waals surface area contributed by atoms with Gasteiger partial charge in [-0.2, -0.15) is 0 Å². The van der Waals surface area contributed by atoms with Gasteiger partial charge in [0.1, 0.15) is 5.78 Å². The van der Waals surface area contributed by atoms with Gasteiger partial charge in [-0.15, -0.1) is 0 Å². The third-order valence-corrected chi connectivity index (χ3v) is 7.34. The maximum Gasteiger partial charge on any atom is 0.133 e. The first kappa shape index (κ1) is 19.4. The zero-order valence-electron chi connectivity index (χ0n) is 17.3. The fourth-order valence-electron chi connectivity index (χ4n) is 6.50. The molecule has 4 unspecified atom stereocenters. The van der Waals surface area contributed by atoms with Gasteiger partial charge in [-0.1, -0.05) is 34.1 Å². The van der Waals surface area contributed by atoms with E-state index in [1.807, 2.05) is 0 Å². The molecule has 2 saturated carbocycles. The Labute approximate surface area is 156 Å². The third kappa shape index (κ3) is 5.31. The van der Waals surface area contributed by atoms with Gasteiger partial charge >= 0.3 is 0 Å². The summed E-state index contributed by atoms with van der Waals surface area (Å²) in [6, 6.07) is 0.818. The SMILES string of the molecule is CC1CC(N2CCCCC2)CC(C)(CCC2CC(=O)CC(C)(C)C2)C1. The lowest BCUT2D eigenvalue weighted by molar-refractivity contribution is -0.125. The molecule has 0 N–H and O–H groups in total. The predicted molar refractivity (Wildman–Crippen MR) is 106 cm³/mol. The Morgan fingerprint density at radius 1 is 1.04 bits per heavy atom. The van der Waals surface area contributed by atoms with Crippen LogP contribution in [0.2, 0.25) is 0 Å². The second-order valence-corrected chi connectivity index (χ2v) is 11.0. The summed E-state index contributed by atoms with van der Waals surface area (Å²) in [6.07, 6.45) is 13.9. The smallest absolute Gasteiger partial charge is 0.133 e. The van der Waals surface area contributed by atoms with Crippen LogP contribution in [0.25, 0.3) is 0 Å². The quantitative estimate of drug-likeness (QED) is 0.636. The highest BCUT2D eigenvalue weighted by molar-refractivity contribution is 5.80. The zero-order chi connectivity index (χ0) is 18.1. The maximum atomic E-state index is 12.1. The largest absolute Gasteiger partial charge is 0.300 e. The van der Waals surface area contributed by atoms with E-state index in [4.69, 9.17) is 0 Å². The van der Waals surface area contributed by atoms with Crippen molar-refractivity contribution in [2.45, 2.75) is 104 Å². The first-order chi connectivity index (χ1) is 11.7. The molecule has 3 rings (SSSR count). The van der Waals surface area contributed by atoms with Crippen molar-refractivity contribution in [2.24, 2.45) is 22.7 Å². The number of hydrogen-bond acceptors (Lipinski definition) is 2. The molecule has 25 heavy (non-hydrogen) atoms. The normalized spacial score (nSPS) is 40.2. The van der Waals surface area contributed by atoms with Gasteiger partial charge in [-0.3, -0.25) is 4.79 Å². The molecule has 1 aliphatic heterocycles. The Balaban J connectivity index is 1.57. The van der Waals surface area contributed by atoms with Crippen LogP contribution in [-0.4, -0.2) is 29.8 Å². The van der Waals surface area contributed by atoms with Gasteiger partial charge < -0.3 is 4.90 Å². The van der Waals surface area contributed by atoms with E-state index in [2.05, 4.69) is 32.6 Å². The lowest BCUT2D eigenvalue weighted by atomic mass is 9.64. The van der Waals surface area contributed by atoms with Crippen molar-refractivity contribution < 1.29 is 4.79 Å². The molecular formula is C23H41NO. The first-order valence-electron chi connectivity index (χ1n) is 11.0. The number of ketones is 1. The first-order valence-corrected chi connectivity index (χ1v) is 11.0. The topological polar surface area (TPSA) is 20.3 Å². The minimum atomic E-state index is 0.233. The Bertz CT molecular complexity index is 465. The van der Waals surface area contributed by atoms with Gasteiger partial charge in [0, 0.05) is 18.9 Å². The number of piperidine rings is 1. The zero-order valence-corrected chi connectivity index (χ0v) is 17.3. The molecule has 0 amide bonds. The Kier molecular flexibility index (Phi) is 5.98. The van der Waals surface area contributed by atoms with Crippen LogP contribution in [0, 0.1) is 22.7 Å². The second-order valence-electron chi connectivity index (χ2n) is 11.0. The molecule has 4 atom stereocenters. The van der Waals surface area contributed by atoms with Crippen LogP contribution in [0.1, 0.15) is 98.3 Å². The highest BCUT2D eigenvalue weighted by Crippen LogP contribution is 2.47. The summed E-state index contributed by atoms with van der Waals surface area (Å²) in [5.41, 5.74) is 0.724. The number of likely N-dealkylation sites (tertiary alicyclic amines) is 1. The molecule has 1 heterocycles. The van der Waals surface area contributed by atoms with Crippen LogP contribution in [0.5, 0.6) is 0 Å². The van der Waals surface area contributed by atoms with Gasteiger partial charge in [0.2, 0.25) is 0 Å². The van der Waals surface area contributed by atoms with Gasteiger partial charge in [-0.25, -0.2) is 0 Å². The molecule has 2 aliphatic carbocycles. The minimum absolute atomic E-state index is 0.233. The number of carbonyl (C=O) groups excluding carboxylic acids is 1. The van der Waals surface area contributed by atoms with Crippen molar-refractivity contribution in [3.63, 3.8) is 0 Å². The van der Waals surface area contributed by atoms with E-state index < -0.39 is 0 Å². The molecule has 0 aromatic carbocycles. The third-order valence-electron chi connectivity index (χ3n) is 7.34. The van der Waals surface area contributed by atoms with E-state index in [1.54, 1.807) is 0 Å². The summed E-state index contributed by atoms with van der Waals surface area (Å²) in [7, 11) is 0. The number of carbonyl (C=O) groups is 1. The van der Waals surface area contributed by atoms with Gasteiger partial charge in [0.25, 0.3) is 0 Å². The standard InChI is InChI=1S/C23H41NO/c1-18-12-20(24-10-6-5-7-11-24)16-23(4,14-18)9-8-19-13-21(25)17-22(2,3)15-19/h18-20H,5-17H2,1-4H3. The number of hydrogen-bond donors (Lipinski definition) is 0. The van der Waals surface area contributed by atoms with Crippen molar-refractivity contribution >= 4 is 5.78 Å². The molecule has 2 heteroatoms. The van der Waals surface area contributed by atoms with E-state index in [0.29, 0.717) is 17.1 Å². The summed E-state index contributed by atoms with van der Waals surface area (Å²) in [5, 5.41) is 0. The van der Waals surface area contributed by atoms with Crippen LogP contribution >= 0.6 is 0 Å². The molecular weight excluding hydrogens is 306 g/mol. The molecule has 2 nitrogen and oxygen atoms in total. The molecule has 3 aliphatic rings.